The minimum Gasteiger partial charge on any atom is -0.460 e. The molecule has 3 N–H and O–H groups in total. The molecule has 1 fully saturated rings. The van der Waals surface area contributed by atoms with Crippen molar-refractivity contribution in [2.75, 3.05) is 0 Å². The van der Waals surface area contributed by atoms with Gasteiger partial charge in [-0.2, -0.15) is 0 Å². The van der Waals surface area contributed by atoms with Crippen LogP contribution in [0.2, 0.25) is 0 Å². The zero-order valence-electron chi connectivity index (χ0n) is 12.1. The Morgan fingerprint density at radius 2 is 2.15 bits per heavy atom. The van der Waals surface area contributed by atoms with E-state index >= 15 is 0 Å². The number of carbonyl (C=O) groups is 1. The summed E-state index contributed by atoms with van der Waals surface area (Å²) >= 11 is 0. The summed E-state index contributed by atoms with van der Waals surface area (Å²) in [5, 5.41) is 10.3. The Balaban J connectivity index is 2.11. The average Bonchev–Trinajstić information content (AvgIpc) is 2.76. The molecule has 1 heterocycles. The lowest BCUT2D eigenvalue weighted by Crippen LogP contribution is -2.22. The molecule has 0 radical (unpaired) electrons. The van der Waals surface area contributed by atoms with E-state index in [9.17, 15) is 9.90 Å². The van der Waals surface area contributed by atoms with Crippen LogP contribution in [-0.2, 0) is 9.53 Å². The molecule has 4 heteroatoms. The number of nitrogens with two attached hydrogens (primary N) is 1. The molecule has 2 rings (SSSR count). The van der Waals surface area contributed by atoms with E-state index in [0.29, 0.717) is 5.92 Å². The monoisotopic (exact) mass is 279 g/mol. The third kappa shape index (κ3) is 4.18. The van der Waals surface area contributed by atoms with Crippen LogP contribution in [0.3, 0.4) is 0 Å². The first-order valence-electron chi connectivity index (χ1n) is 7.55. The van der Waals surface area contributed by atoms with Gasteiger partial charge >= 0.3 is 5.97 Å². The predicted octanol–water partition coefficient (Wildman–Crippen LogP) is 1.93. The van der Waals surface area contributed by atoms with Gasteiger partial charge in [-0.25, -0.2) is 4.79 Å². The zero-order chi connectivity index (χ0) is 14.5. The molecule has 1 aliphatic heterocycles. The van der Waals surface area contributed by atoms with Gasteiger partial charge in [0.2, 0.25) is 0 Å². The molecule has 0 aromatic carbocycles. The molecule has 0 spiro atoms. The van der Waals surface area contributed by atoms with Crippen molar-refractivity contribution in [1.29, 1.82) is 0 Å². The molecule has 20 heavy (non-hydrogen) atoms. The number of aliphatic hydroxyl groups is 1. The predicted molar refractivity (Wildman–Crippen MR) is 77.9 cm³/mol. The van der Waals surface area contributed by atoms with Crippen molar-refractivity contribution in [3.63, 3.8) is 0 Å². The third-order valence-corrected chi connectivity index (χ3v) is 4.25. The molecular weight excluding hydrogens is 254 g/mol. The van der Waals surface area contributed by atoms with Crippen LogP contribution in [0.4, 0.5) is 0 Å². The largest absolute Gasteiger partial charge is 0.460 e. The summed E-state index contributed by atoms with van der Waals surface area (Å²) in [5.41, 5.74) is 6.01. The second kappa shape index (κ2) is 7.04. The van der Waals surface area contributed by atoms with Crippen LogP contribution in [0, 0.1) is 11.8 Å². The zero-order valence-corrected chi connectivity index (χ0v) is 12.1. The van der Waals surface area contributed by atoms with Gasteiger partial charge in [0.15, 0.2) is 0 Å². The Kier molecular flexibility index (Phi) is 5.38. The van der Waals surface area contributed by atoms with Gasteiger partial charge in [-0.1, -0.05) is 12.2 Å². The highest BCUT2D eigenvalue weighted by Gasteiger charge is 2.34. The number of hydrogen-bond donors (Lipinski definition) is 2. The van der Waals surface area contributed by atoms with E-state index in [-0.39, 0.29) is 24.0 Å². The Hall–Kier alpha value is -1.13. The molecule has 5 atom stereocenters. The standard InChI is InChI=1S/C16H25NO3/c1-11-5-3-2-4-6-12-9-13(17)10-14(12)15(18)7-8-16(19)20-11/h4,6-8,11-15,18H,2-3,5,9-10,17H2,1H3/b6-4+,8-7+/t11-,12+,13-,14+,15+/m0/s1. The highest BCUT2D eigenvalue weighted by atomic mass is 16.5. The number of hydrogen-bond acceptors (Lipinski definition) is 4. The van der Waals surface area contributed by atoms with Crippen LogP contribution in [0.25, 0.3) is 0 Å². The van der Waals surface area contributed by atoms with Crippen molar-refractivity contribution in [2.45, 2.75) is 57.3 Å². The number of rotatable bonds is 0. The minimum atomic E-state index is -0.637. The highest BCUT2D eigenvalue weighted by Crippen LogP contribution is 2.35. The van der Waals surface area contributed by atoms with Crippen molar-refractivity contribution < 1.29 is 14.6 Å². The summed E-state index contributed by atoms with van der Waals surface area (Å²) in [4.78, 5) is 11.6. The number of fused-ring (bicyclic) bond motifs is 1. The van der Waals surface area contributed by atoms with Gasteiger partial charge in [0.1, 0.15) is 0 Å². The summed E-state index contributed by atoms with van der Waals surface area (Å²) < 4.78 is 5.26. The maximum atomic E-state index is 11.6. The normalized spacial score (nSPS) is 42.5. The van der Waals surface area contributed by atoms with E-state index in [4.69, 9.17) is 10.5 Å². The van der Waals surface area contributed by atoms with E-state index in [1.165, 1.54) is 6.08 Å². The second-order valence-electron chi connectivity index (χ2n) is 6.02. The number of esters is 1. The maximum Gasteiger partial charge on any atom is 0.330 e. The molecule has 0 bridgehead atoms. The van der Waals surface area contributed by atoms with Gasteiger partial charge in [0.05, 0.1) is 12.2 Å². The number of carbonyl (C=O) groups excluding carboxylic acids is 1. The van der Waals surface area contributed by atoms with Crippen LogP contribution >= 0.6 is 0 Å². The van der Waals surface area contributed by atoms with E-state index < -0.39 is 6.10 Å². The van der Waals surface area contributed by atoms with Crippen LogP contribution < -0.4 is 5.73 Å². The first kappa shape index (κ1) is 15.3. The summed E-state index contributed by atoms with van der Waals surface area (Å²) in [6.45, 7) is 1.90. The topological polar surface area (TPSA) is 72.5 Å². The van der Waals surface area contributed by atoms with Gasteiger partial charge < -0.3 is 15.6 Å². The molecule has 1 saturated carbocycles. The van der Waals surface area contributed by atoms with Gasteiger partial charge in [-0.3, -0.25) is 0 Å². The fourth-order valence-electron chi connectivity index (χ4n) is 3.17. The first-order chi connectivity index (χ1) is 9.56. The van der Waals surface area contributed by atoms with Gasteiger partial charge in [0, 0.05) is 12.1 Å². The average molecular weight is 279 g/mol. The van der Waals surface area contributed by atoms with E-state index in [1.54, 1.807) is 6.08 Å². The SMILES string of the molecule is C[C@H]1CCC/C=C/[C@@H]2C[C@H](N)C[C@H]2[C@H](O)/C=C/C(=O)O1. The lowest BCUT2D eigenvalue weighted by molar-refractivity contribution is -0.142. The molecule has 2 aliphatic rings. The first-order valence-corrected chi connectivity index (χ1v) is 7.55. The number of ether oxygens (including phenoxy) is 1. The van der Waals surface area contributed by atoms with Gasteiger partial charge in [-0.05, 0) is 56.9 Å². The lowest BCUT2D eigenvalue weighted by Gasteiger charge is -2.19. The van der Waals surface area contributed by atoms with E-state index in [0.717, 1.165) is 32.1 Å². The fourth-order valence-corrected chi connectivity index (χ4v) is 3.17. The molecule has 0 saturated heterocycles. The van der Waals surface area contributed by atoms with E-state index in [1.807, 2.05) is 6.92 Å². The molecule has 112 valence electrons. The number of aliphatic hydroxyl groups excluding tert-OH is 1. The van der Waals surface area contributed by atoms with E-state index in [2.05, 4.69) is 12.2 Å². The molecule has 0 unspecified atom stereocenters. The Morgan fingerprint density at radius 3 is 2.95 bits per heavy atom. The Labute approximate surface area is 120 Å². The quantitative estimate of drug-likeness (QED) is 0.525. The van der Waals surface area contributed by atoms with Gasteiger partial charge in [0.25, 0.3) is 0 Å². The summed E-state index contributed by atoms with van der Waals surface area (Å²) in [6.07, 6.45) is 11.1. The van der Waals surface area contributed by atoms with Gasteiger partial charge in [-0.15, -0.1) is 0 Å². The molecule has 4 nitrogen and oxygen atoms in total. The maximum absolute atomic E-state index is 11.6. The van der Waals surface area contributed by atoms with Crippen molar-refractivity contribution in [2.24, 2.45) is 17.6 Å². The summed E-state index contributed by atoms with van der Waals surface area (Å²) in [6, 6.07) is 0.137. The smallest absolute Gasteiger partial charge is 0.330 e. The molecule has 0 aromatic rings. The molecule has 1 aliphatic carbocycles. The summed E-state index contributed by atoms with van der Waals surface area (Å²) in [5.74, 6) is 0.0323. The molecular formula is C16H25NO3. The molecule has 0 aromatic heterocycles. The lowest BCUT2D eigenvalue weighted by atomic mass is 9.90. The van der Waals surface area contributed by atoms with Crippen molar-refractivity contribution in [1.82, 2.24) is 0 Å². The summed E-state index contributed by atoms with van der Waals surface area (Å²) in [7, 11) is 0. The number of allylic oxidation sites excluding steroid dienone is 2. The van der Waals surface area contributed by atoms with Crippen LogP contribution in [0.5, 0.6) is 0 Å². The Morgan fingerprint density at radius 1 is 1.35 bits per heavy atom. The van der Waals surface area contributed by atoms with Crippen molar-refractivity contribution >= 4 is 5.97 Å². The third-order valence-electron chi connectivity index (χ3n) is 4.25. The van der Waals surface area contributed by atoms with Crippen LogP contribution in [0.1, 0.15) is 39.0 Å². The van der Waals surface area contributed by atoms with Crippen molar-refractivity contribution in [3.05, 3.63) is 24.3 Å². The van der Waals surface area contributed by atoms with Crippen LogP contribution in [-0.4, -0.2) is 29.3 Å². The number of cyclic esters (lactones) is 1. The second-order valence-corrected chi connectivity index (χ2v) is 6.02. The minimum absolute atomic E-state index is 0.0774. The Bertz CT molecular complexity index is 391. The fraction of sp³-hybridized carbons (Fsp3) is 0.688. The van der Waals surface area contributed by atoms with Crippen molar-refractivity contribution in [3.8, 4) is 0 Å². The molecule has 0 amide bonds. The highest BCUT2D eigenvalue weighted by molar-refractivity contribution is 5.82. The van der Waals surface area contributed by atoms with Crippen LogP contribution in [0.15, 0.2) is 24.3 Å².